The third kappa shape index (κ3) is 5.59. The van der Waals surface area contributed by atoms with Gasteiger partial charge in [0, 0.05) is 43.9 Å². The summed E-state index contributed by atoms with van der Waals surface area (Å²) in [6, 6.07) is 12.8. The molecule has 4 amide bonds. The van der Waals surface area contributed by atoms with E-state index in [-0.39, 0.29) is 17.8 Å². The summed E-state index contributed by atoms with van der Waals surface area (Å²) in [5.41, 5.74) is 3.98. The van der Waals surface area contributed by atoms with Crippen molar-refractivity contribution in [2.45, 2.75) is 39.8 Å². The van der Waals surface area contributed by atoms with Gasteiger partial charge >= 0.3 is 6.03 Å². The van der Waals surface area contributed by atoms with Crippen LogP contribution in [0.25, 0.3) is 0 Å². The Morgan fingerprint density at radius 1 is 1.07 bits per heavy atom. The molecule has 3 N–H and O–H groups in total. The van der Waals surface area contributed by atoms with Crippen molar-refractivity contribution in [1.82, 2.24) is 15.5 Å². The van der Waals surface area contributed by atoms with Gasteiger partial charge in [-0.05, 0) is 49.1 Å². The summed E-state index contributed by atoms with van der Waals surface area (Å²) >= 11 is 0. The lowest BCUT2D eigenvalue weighted by molar-refractivity contribution is -0.128. The molecule has 1 saturated heterocycles. The predicted molar refractivity (Wildman–Crippen MR) is 116 cm³/mol. The Bertz CT molecular complexity index is 942. The second-order valence-electron chi connectivity index (χ2n) is 7.44. The molecule has 1 fully saturated rings. The number of urea groups is 1. The molecule has 1 heterocycles. The maximum absolute atomic E-state index is 12.4. The van der Waals surface area contributed by atoms with Crippen LogP contribution < -0.4 is 16.0 Å². The molecule has 7 heteroatoms. The number of nitrogens with zero attached hydrogens (tertiary/aromatic N) is 1. The molecule has 0 spiro atoms. The quantitative estimate of drug-likeness (QED) is 0.657. The van der Waals surface area contributed by atoms with Crippen LogP contribution in [0.15, 0.2) is 42.5 Å². The Balaban J connectivity index is 1.57. The molecule has 0 atom stereocenters. The van der Waals surface area contributed by atoms with Gasteiger partial charge in [0.1, 0.15) is 0 Å². The van der Waals surface area contributed by atoms with E-state index >= 15 is 0 Å². The highest BCUT2D eigenvalue weighted by molar-refractivity contribution is 5.97. The molecule has 30 heavy (non-hydrogen) atoms. The Hall–Kier alpha value is -3.35. The molecule has 0 aliphatic carbocycles. The van der Waals surface area contributed by atoms with Crippen LogP contribution in [-0.4, -0.2) is 35.8 Å². The fourth-order valence-corrected chi connectivity index (χ4v) is 3.44. The normalized spacial score (nSPS) is 13.3. The lowest BCUT2D eigenvalue weighted by atomic mass is 10.1. The molecule has 0 aromatic heterocycles. The van der Waals surface area contributed by atoms with Crippen molar-refractivity contribution in [1.29, 1.82) is 0 Å². The van der Waals surface area contributed by atoms with E-state index in [1.165, 1.54) is 0 Å². The Morgan fingerprint density at radius 3 is 2.60 bits per heavy atom. The van der Waals surface area contributed by atoms with E-state index in [1.54, 1.807) is 12.1 Å². The highest BCUT2D eigenvalue weighted by atomic mass is 16.2. The number of likely N-dealkylation sites (tertiary alicyclic amines) is 1. The smallest absolute Gasteiger partial charge is 0.319 e. The number of rotatable bonds is 7. The van der Waals surface area contributed by atoms with E-state index in [9.17, 15) is 14.4 Å². The second kappa shape index (κ2) is 9.91. The van der Waals surface area contributed by atoms with Crippen LogP contribution in [0.1, 0.15) is 46.8 Å². The predicted octanol–water partition coefficient (Wildman–Crippen LogP) is 3.19. The number of carbonyl (C=O) groups is 3. The third-order valence-corrected chi connectivity index (χ3v) is 5.07. The molecule has 1 aliphatic rings. The summed E-state index contributed by atoms with van der Waals surface area (Å²) in [5.74, 6) is 0.0254. The molecule has 0 bridgehead atoms. The minimum absolute atomic E-state index is 0.172. The van der Waals surface area contributed by atoms with Gasteiger partial charge in [-0.3, -0.25) is 9.59 Å². The Labute approximate surface area is 176 Å². The third-order valence-electron chi connectivity index (χ3n) is 5.07. The molecule has 3 rings (SSSR count). The van der Waals surface area contributed by atoms with Gasteiger partial charge in [-0.15, -0.1) is 0 Å². The van der Waals surface area contributed by atoms with Gasteiger partial charge in [0.2, 0.25) is 5.91 Å². The van der Waals surface area contributed by atoms with Gasteiger partial charge in [0.05, 0.1) is 0 Å². The second-order valence-corrected chi connectivity index (χ2v) is 7.44. The highest BCUT2D eigenvalue weighted by Gasteiger charge is 2.20. The van der Waals surface area contributed by atoms with Crippen LogP contribution >= 0.6 is 0 Å². The van der Waals surface area contributed by atoms with Gasteiger partial charge in [-0.1, -0.05) is 30.3 Å². The van der Waals surface area contributed by atoms with E-state index < -0.39 is 0 Å². The van der Waals surface area contributed by atoms with Gasteiger partial charge in [0.25, 0.3) is 5.91 Å². The number of nitrogens with one attached hydrogen (secondary N) is 3. The minimum Gasteiger partial charge on any atom is -0.352 e. The molecule has 0 unspecified atom stereocenters. The summed E-state index contributed by atoms with van der Waals surface area (Å²) in [5, 5.41) is 8.41. The molecule has 7 nitrogen and oxygen atoms in total. The fraction of sp³-hybridized carbons (Fsp3) is 0.348. The number of carbonyl (C=O) groups excluding carboxylic acids is 3. The van der Waals surface area contributed by atoms with Crippen molar-refractivity contribution in [3.8, 4) is 0 Å². The molecular formula is C23H28N4O3. The Morgan fingerprint density at radius 2 is 1.87 bits per heavy atom. The highest BCUT2D eigenvalue weighted by Crippen LogP contribution is 2.18. The van der Waals surface area contributed by atoms with Gasteiger partial charge in [-0.25, -0.2) is 4.79 Å². The first kappa shape index (κ1) is 21.4. The first-order valence-electron chi connectivity index (χ1n) is 10.3. The average Bonchev–Trinajstić information content (AvgIpc) is 3.13. The molecule has 158 valence electrons. The SMILES string of the molecule is CCNC(=O)c1ccc(C)c(NC(=O)NCc2cccc(CN3CCCC3=O)c2)c1. The lowest BCUT2D eigenvalue weighted by Gasteiger charge is -2.16. The number of aryl methyl sites for hydroxylation is 1. The number of benzene rings is 2. The monoisotopic (exact) mass is 408 g/mol. The van der Waals surface area contributed by atoms with Crippen LogP contribution in [0, 0.1) is 6.92 Å². The van der Waals surface area contributed by atoms with E-state index in [0.717, 1.165) is 29.7 Å². The molecule has 2 aromatic rings. The van der Waals surface area contributed by atoms with Crippen molar-refractivity contribution in [2.75, 3.05) is 18.4 Å². The standard InChI is InChI=1S/C23H28N4O3/c1-3-24-22(29)19-10-9-16(2)20(13-19)26-23(30)25-14-17-6-4-7-18(12-17)15-27-11-5-8-21(27)28/h4,6-7,9-10,12-13H,3,5,8,11,14-15H2,1-2H3,(H,24,29)(H2,25,26,30). The van der Waals surface area contributed by atoms with Gasteiger partial charge in [-0.2, -0.15) is 0 Å². The van der Waals surface area contributed by atoms with Crippen LogP contribution in [0.3, 0.4) is 0 Å². The summed E-state index contributed by atoms with van der Waals surface area (Å²) in [6.45, 7) is 6.05. The molecule has 0 saturated carbocycles. The van der Waals surface area contributed by atoms with Gasteiger partial charge < -0.3 is 20.9 Å². The first-order valence-corrected chi connectivity index (χ1v) is 10.3. The van der Waals surface area contributed by atoms with Crippen molar-refractivity contribution in [2.24, 2.45) is 0 Å². The van der Waals surface area contributed by atoms with Crippen LogP contribution in [0.4, 0.5) is 10.5 Å². The summed E-state index contributed by atoms with van der Waals surface area (Å²) < 4.78 is 0. The average molecular weight is 409 g/mol. The zero-order valence-electron chi connectivity index (χ0n) is 17.5. The number of hydrogen-bond acceptors (Lipinski definition) is 3. The first-order chi connectivity index (χ1) is 14.5. The summed E-state index contributed by atoms with van der Waals surface area (Å²) in [6.07, 6.45) is 1.54. The summed E-state index contributed by atoms with van der Waals surface area (Å²) in [7, 11) is 0. The minimum atomic E-state index is -0.341. The van der Waals surface area contributed by atoms with Crippen LogP contribution in [0.2, 0.25) is 0 Å². The van der Waals surface area contributed by atoms with Crippen molar-refractivity contribution < 1.29 is 14.4 Å². The summed E-state index contributed by atoms with van der Waals surface area (Å²) in [4.78, 5) is 38.1. The van der Waals surface area contributed by atoms with Crippen LogP contribution in [-0.2, 0) is 17.9 Å². The van der Waals surface area contributed by atoms with E-state index in [0.29, 0.717) is 37.3 Å². The van der Waals surface area contributed by atoms with Crippen LogP contribution in [0.5, 0.6) is 0 Å². The number of anilines is 1. The van der Waals surface area contributed by atoms with E-state index in [4.69, 9.17) is 0 Å². The van der Waals surface area contributed by atoms with Crippen molar-refractivity contribution >= 4 is 23.5 Å². The van der Waals surface area contributed by atoms with E-state index in [2.05, 4.69) is 16.0 Å². The molecule has 0 radical (unpaired) electrons. The molecule has 1 aliphatic heterocycles. The van der Waals surface area contributed by atoms with Crippen molar-refractivity contribution in [3.63, 3.8) is 0 Å². The zero-order chi connectivity index (χ0) is 21.5. The maximum Gasteiger partial charge on any atom is 0.319 e. The maximum atomic E-state index is 12.4. The van der Waals surface area contributed by atoms with Crippen molar-refractivity contribution in [3.05, 3.63) is 64.7 Å². The topological polar surface area (TPSA) is 90.5 Å². The fourth-order valence-electron chi connectivity index (χ4n) is 3.44. The molecular weight excluding hydrogens is 380 g/mol. The lowest BCUT2D eigenvalue weighted by Crippen LogP contribution is -2.29. The number of amides is 4. The van der Waals surface area contributed by atoms with Gasteiger partial charge in [0.15, 0.2) is 0 Å². The zero-order valence-corrected chi connectivity index (χ0v) is 17.5. The largest absolute Gasteiger partial charge is 0.352 e. The number of hydrogen-bond donors (Lipinski definition) is 3. The Kier molecular flexibility index (Phi) is 7.06. The van der Waals surface area contributed by atoms with E-state index in [1.807, 2.05) is 49.1 Å². The molecule has 2 aromatic carbocycles.